The lowest BCUT2D eigenvalue weighted by Crippen LogP contribution is -2.27. The Kier molecular flexibility index (Phi) is 8.14. The lowest BCUT2D eigenvalue weighted by Gasteiger charge is -2.21. The maximum atomic E-state index is 13.2. The van der Waals surface area contributed by atoms with Gasteiger partial charge in [0.2, 0.25) is 0 Å². The molecule has 1 amide bonds. The van der Waals surface area contributed by atoms with Gasteiger partial charge in [-0.2, -0.15) is 0 Å². The minimum absolute atomic E-state index is 0.0745. The Hall–Kier alpha value is -3.32. The molecule has 7 heteroatoms. The van der Waals surface area contributed by atoms with Crippen molar-refractivity contribution in [1.82, 2.24) is 5.32 Å². The summed E-state index contributed by atoms with van der Waals surface area (Å²) >= 11 is 0. The summed E-state index contributed by atoms with van der Waals surface area (Å²) in [7, 11) is -2.23. The fourth-order valence-corrected chi connectivity index (χ4v) is 5.73. The number of sulfonamides is 1. The number of amides is 1. The fraction of sp³-hybridized carbons (Fsp3) is 0.345. The Balaban J connectivity index is 1.88. The average Bonchev–Trinajstić information content (AvgIpc) is 2.80. The highest BCUT2D eigenvalue weighted by atomic mass is 32.2. The van der Waals surface area contributed by atoms with Crippen molar-refractivity contribution < 1.29 is 17.9 Å². The Morgan fingerprint density at radius 2 is 1.53 bits per heavy atom. The van der Waals surface area contributed by atoms with E-state index in [4.69, 9.17) is 4.74 Å². The summed E-state index contributed by atoms with van der Waals surface area (Å²) in [6.45, 7) is 13.6. The number of nitrogens with one attached hydrogen (secondary N) is 2. The van der Waals surface area contributed by atoms with E-state index < -0.39 is 10.0 Å². The van der Waals surface area contributed by atoms with Crippen LogP contribution in [-0.2, 0) is 10.0 Å². The molecule has 0 radical (unpaired) electrons. The summed E-state index contributed by atoms with van der Waals surface area (Å²) in [5.41, 5.74) is 6.30. The van der Waals surface area contributed by atoms with E-state index in [1.807, 2.05) is 45.9 Å². The van der Waals surface area contributed by atoms with Crippen LogP contribution in [0.4, 0.5) is 5.69 Å². The van der Waals surface area contributed by atoms with Gasteiger partial charge in [0.05, 0.1) is 23.7 Å². The van der Waals surface area contributed by atoms with E-state index in [2.05, 4.69) is 30.0 Å². The summed E-state index contributed by atoms with van der Waals surface area (Å²) in [5.74, 6) is 0.748. The zero-order chi connectivity index (χ0) is 26.8. The van der Waals surface area contributed by atoms with E-state index in [9.17, 15) is 13.2 Å². The van der Waals surface area contributed by atoms with Crippen LogP contribution in [-0.4, -0.2) is 21.4 Å². The van der Waals surface area contributed by atoms with Gasteiger partial charge in [0.15, 0.2) is 0 Å². The molecule has 6 nitrogen and oxygen atoms in total. The molecule has 0 aliphatic rings. The quantitative estimate of drug-likeness (QED) is 0.372. The van der Waals surface area contributed by atoms with Gasteiger partial charge in [0.1, 0.15) is 5.75 Å². The zero-order valence-corrected chi connectivity index (χ0v) is 23.1. The second-order valence-electron chi connectivity index (χ2n) is 9.70. The SMILES string of the molecule is COc1cc(C)c(C(C)NC(=O)c2ccc(C)c(S(=O)(=O)Nc3ccc(C)cc3C)c2)cc1C(C)C. The van der Waals surface area contributed by atoms with Crippen LogP contribution in [0.15, 0.2) is 53.4 Å². The monoisotopic (exact) mass is 508 g/mol. The first-order chi connectivity index (χ1) is 16.8. The van der Waals surface area contributed by atoms with Crippen LogP contribution in [0.1, 0.15) is 76.5 Å². The molecule has 3 rings (SSSR count). The topological polar surface area (TPSA) is 84.5 Å². The Morgan fingerprint density at radius 1 is 0.833 bits per heavy atom. The summed E-state index contributed by atoms with van der Waals surface area (Å²) in [4.78, 5) is 13.2. The minimum Gasteiger partial charge on any atom is -0.496 e. The molecule has 2 N–H and O–H groups in total. The van der Waals surface area contributed by atoms with Crippen molar-refractivity contribution in [3.8, 4) is 5.75 Å². The molecule has 3 aromatic carbocycles. The van der Waals surface area contributed by atoms with E-state index in [0.29, 0.717) is 11.3 Å². The molecule has 0 spiro atoms. The molecule has 0 aliphatic heterocycles. The summed E-state index contributed by atoms with van der Waals surface area (Å²) in [6.07, 6.45) is 0. The molecule has 0 heterocycles. The maximum Gasteiger partial charge on any atom is 0.262 e. The van der Waals surface area contributed by atoms with E-state index in [1.165, 1.54) is 6.07 Å². The first-order valence-electron chi connectivity index (χ1n) is 12.0. The maximum absolute atomic E-state index is 13.2. The number of anilines is 1. The molecule has 36 heavy (non-hydrogen) atoms. The van der Waals surface area contributed by atoms with Gasteiger partial charge in [0.25, 0.3) is 15.9 Å². The molecule has 0 saturated heterocycles. The second-order valence-corrected chi connectivity index (χ2v) is 11.4. The average molecular weight is 509 g/mol. The number of carbonyl (C=O) groups is 1. The second kappa shape index (κ2) is 10.7. The standard InChI is InChI=1S/C29H36N2O4S/c1-17(2)24-16-25(20(5)14-27(24)35-8)22(7)30-29(32)23-11-10-19(4)28(15-23)36(33,34)31-26-12-9-18(3)13-21(26)6/h9-17,22,31H,1-8H3,(H,30,32). The van der Waals surface area contributed by atoms with Gasteiger partial charge < -0.3 is 10.1 Å². The predicted molar refractivity (Wildman–Crippen MR) is 146 cm³/mol. The molecule has 0 saturated carbocycles. The summed E-state index contributed by atoms with van der Waals surface area (Å²) in [6, 6.07) is 14.0. The van der Waals surface area contributed by atoms with Crippen molar-refractivity contribution >= 4 is 21.6 Å². The summed E-state index contributed by atoms with van der Waals surface area (Å²) < 4.78 is 34.7. The largest absolute Gasteiger partial charge is 0.496 e. The third-order valence-corrected chi connectivity index (χ3v) is 7.93. The van der Waals surface area contributed by atoms with Gasteiger partial charge in [-0.25, -0.2) is 8.42 Å². The zero-order valence-electron chi connectivity index (χ0n) is 22.3. The number of methoxy groups -OCH3 is 1. The molecule has 0 bridgehead atoms. The molecule has 1 unspecified atom stereocenters. The third kappa shape index (κ3) is 5.90. The minimum atomic E-state index is -3.89. The van der Waals surface area contributed by atoms with Gasteiger partial charge in [-0.05, 0) is 98.7 Å². The number of hydrogen-bond acceptors (Lipinski definition) is 4. The Labute approximate surface area is 215 Å². The van der Waals surface area contributed by atoms with Crippen molar-refractivity contribution in [2.45, 2.75) is 65.3 Å². The number of ether oxygens (including phenoxy) is 1. The predicted octanol–water partition coefficient (Wildman–Crippen LogP) is 6.34. The number of hydrogen-bond donors (Lipinski definition) is 2. The first kappa shape index (κ1) is 27.3. The van der Waals surface area contributed by atoms with Crippen molar-refractivity contribution in [2.24, 2.45) is 0 Å². The fourth-order valence-electron chi connectivity index (χ4n) is 4.33. The van der Waals surface area contributed by atoms with Crippen LogP contribution in [0.5, 0.6) is 5.75 Å². The van der Waals surface area contributed by atoms with Crippen molar-refractivity contribution in [3.63, 3.8) is 0 Å². The van der Waals surface area contributed by atoms with Crippen LogP contribution in [0, 0.1) is 27.7 Å². The van der Waals surface area contributed by atoms with Gasteiger partial charge in [0, 0.05) is 5.56 Å². The van der Waals surface area contributed by atoms with Crippen LogP contribution >= 0.6 is 0 Å². The Morgan fingerprint density at radius 3 is 2.14 bits per heavy atom. The van der Waals surface area contributed by atoms with Gasteiger partial charge >= 0.3 is 0 Å². The van der Waals surface area contributed by atoms with Crippen molar-refractivity contribution in [1.29, 1.82) is 0 Å². The smallest absolute Gasteiger partial charge is 0.262 e. The number of aryl methyl sites for hydroxylation is 4. The van der Waals surface area contributed by atoms with Crippen molar-refractivity contribution in [2.75, 3.05) is 11.8 Å². The third-order valence-electron chi connectivity index (χ3n) is 6.42. The van der Waals surface area contributed by atoms with Crippen LogP contribution in [0.2, 0.25) is 0 Å². The van der Waals surface area contributed by atoms with Crippen molar-refractivity contribution in [3.05, 3.63) is 87.5 Å². The molecule has 192 valence electrons. The van der Waals surface area contributed by atoms with E-state index in [0.717, 1.165) is 33.6 Å². The van der Waals surface area contributed by atoms with Crippen LogP contribution < -0.4 is 14.8 Å². The molecule has 0 fully saturated rings. The number of benzene rings is 3. The van der Waals surface area contributed by atoms with Gasteiger partial charge in [-0.3, -0.25) is 9.52 Å². The Bertz CT molecular complexity index is 1390. The highest BCUT2D eigenvalue weighted by Crippen LogP contribution is 2.32. The lowest BCUT2D eigenvalue weighted by atomic mass is 9.93. The van der Waals surface area contributed by atoms with Gasteiger partial charge in [-0.1, -0.05) is 37.6 Å². The highest BCUT2D eigenvalue weighted by molar-refractivity contribution is 7.92. The molecule has 0 aliphatic carbocycles. The lowest BCUT2D eigenvalue weighted by molar-refractivity contribution is 0.0939. The molecule has 0 aromatic heterocycles. The first-order valence-corrected chi connectivity index (χ1v) is 13.5. The van der Waals surface area contributed by atoms with Crippen LogP contribution in [0.25, 0.3) is 0 Å². The number of carbonyl (C=O) groups excluding carboxylic acids is 1. The van der Waals surface area contributed by atoms with Gasteiger partial charge in [-0.15, -0.1) is 0 Å². The molecule has 1 atom stereocenters. The molecule has 3 aromatic rings. The molecular formula is C29H36N2O4S. The van der Waals surface area contributed by atoms with Crippen LogP contribution in [0.3, 0.4) is 0 Å². The number of rotatable bonds is 8. The normalized spacial score (nSPS) is 12.4. The highest BCUT2D eigenvalue weighted by Gasteiger charge is 2.22. The summed E-state index contributed by atoms with van der Waals surface area (Å²) in [5, 5.41) is 3.03. The van der Waals surface area contributed by atoms with E-state index in [-0.39, 0.29) is 28.3 Å². The van der Waals surface area contributed by atoms with E-state index in [1.54, 1.807) is 32.2 Å². The molecular weight excluding hydrogens is 472 g/mol. The van der Waals surface area contributed by atoms with E-state index >= 15 is 0 Å².